The smallest absolute Gasteiger partial charge is 0.422 e. The Morgan fingerprint density at radius 2 is 1.85 bits per heavy atom. The predicted molar refractivity (Wildman–Crippen MR) is 111 cm³/mol. The van der Waals surface area contributed by atoms with Crippen LogP contribution in [-0.2, 0) is 17.9 Å². The van der Waals surface area contributed by atoms with Crippen molar-refractivity contribution < 1.29 is 31.5 Å². The number of piperazine rings is 1. The number of likely N-dealkylation sites (tertiary alicyclic amines) is 1. The number of halogens is 4. The topological polar surface area (TPSA) is 62.1 Å². The number of nitrogens with zero attached hydrogens (tertiary/aromatic N) is 4. The molecule has 11 heteroatoms. The van der Waals surface area contributed by atoms with Crippen LogP contribution in [0.15, 0.2) is 28.8 Å². The van der Waals surface area contributed by atoms with E-state index in [-0.39, 0.29) is 11.7 Å². The summed E-state index contributed by atoms with van der Waals surface area (Å²) >= 11 is 0. The van der Waals surface area contributed by atoms with Crippen LogP contribution in [0.25, 0.3) is 0 Å². The summed E-state index contributed by atoms with van der Waals surface area (Å²) < 4.78 is 61.9. The molecule has 0 bridgehead atoms. The van der Waals surface area contributed by atoms with E-state index in [1.165, 1.54) is 12.1 Å². The highest BCUT2D eigenvalue weighted by Gasteiger charge is 2.30. The van der Waals surface area contributed by atoms with Gasteiger partial charge in [-0.3, -0.25) is 9.69 Å². The number of rotatable bonds is 7. The summed E-state index contributed by atoms with van der Waals surface area (Å²) in [5.41, 5.74) is 0.435. The molecule has 4 rings (SSSR count). The SMILES string of the molecule is O=C1CCCCN1Cc1cnc(CN2CCN(c3ccc(F)cc3OCC(F)(F)F)CC2)o1. The van der Waals surface area contributed by atoms with Crippen LogP contribution in [0.1, 0.15) is 30.9 Å². The Labute approximate surface area is 188 Å². The second-order valence-electron chi connectivity index (χ2n) is 8.27. The number of carbonyl (C=O) groups excluding carboxylic acids is 1. The highest BCUT2D eigenvalue weighted by atomic mass is 19.4. The van der Waals surface area contributed by atoms with Crippen molar-refractivity contribution >= 4 is 11.6 Å². The molecule has 0 aliphatic carbocycles. The van der Waals surface area contributed by atoms with Crippen LogP contribution in [0.3, 0.4) is 0 Å². The van der Waals surface area contributed by atoms with Gasteiger partial charge in [-0.15, -0.1) is 0 Å². The maximum Gasteiger partial charge on any atom is 0.422 e. The third-order valence-electron chi connectivity index (χ3n) is 5.75. The molecule has 0 N–H and O–H groups in total. The van der Waals surface area contributed by atoms with E-state index in [2.05, 4.69) is 9.88 Å². The maximum absolute atomic E-state index is 13.6. The van der Waals surface area contributed by atoms with Gasteiger partial charge in [-0.25, -0.2) is 9.37 Å². The number of hydrogen-bond donors (Lipinski definition) is 0. The molecule has 0 atom stereocenters. The minimum Gasteiger partial charge on any atom is -0.482 e. The summed E-state index contributed by atoms with van der Waals surface area (Å²) in [5, 5.41) is 0. The molecule has 2 fully saturated rings. The van der Waals surface area contributed by atoms with Crippen LogP contribution in [0, 0.1) is 5.82 Å². The second kappa shape index (κ2) is 9.98. The Hall–Kier alpha value is -2.82. The van der Waals surface area contributed by atoms with Crippen molar-refractivity contribution in [2.75, 3.05) is 44.2 Å². The summed E-state index contributed by atoms with van der Waals surface area (Å²) in [7, 11) is 0. The fourth-order valence-corrected chi connectivity index (χ4v) is 4.07. The Kier molecular flexibility index (Phi) is 7.06. The number of amides is 1. The zero-order chi connectivity index (χ0) is 23.4. The minimum atomic E-state index is -4.50. The Morgan fingerprint density at radius 3 is 2.58 bits per heavy atom. The van der Waals surface area contributed by atoms with Crippen LogP contribution >= 0.6 is 0 Å². The van der Waals surface area contributed by atoms with Crippen molar-refractivity contribution in [2.45, 2.75) is 38.5 Å². The van der Waals surface area contributed by atoms with E-state index in [4.69, 9.17) is 9.15 Å². The third kappa shape index (κ3) is 6.37. The number of alkyl halides is 3. The molecule has 2 aliphatic rings. The summed E-state index contributed by atoms with van der Waals surface area (Å²) in [6.45, 7) is 2.48. The molecule has 0 spiro atoms. The fraction of sp³-hybridized carbons (Fsp3) is 0.545. The van der Waals surface area contributed by atoms with Crippen molar-refractivity contribution in [3.8, 4) is 5.75 Å². The van der Waals surface area contributed by atoms with Crippen molar-refractivity contribution in [1.82, 2.24) is 14.8 Å². The molecule has 7 nitrogen and oxygen atoms in total. The van der Waals surface area contributed by atoms with Crippen LogP contribution in [-0.4, -0.2) is 66.2 Å². The first-order chi connectivity index (χ1) is 15.8. The second-order valence-corrected chi connectivity index (χ2v) is 8.27. The average Bonchev–Trinajstić information content (AvgIpc) is 3.21. The monoisotopic (exact) mass is 470 g/mol. The van der Waals surface area contributed by atoms with E-state index >= 15 is 0 Å². The molecule has 1 aromatic heterocycles. The van der Waals surface area contributed by atoms with Gasteiger partial charge in [0.15, 0.2) is 6.61 Å². The summed E-state index contributed by atoms with van der Waals surface area (Å²) in [6, 6.07) is 3.64. The number of aromatic nitrogens is 1. The molecule has 3 heterocycles. The molecule has 1 amide bonds. The molecule has 180 valence electrons. The molecule has 0 radical (unpaired) electrons. The molecule has 2 aromatic rings. The largest absolute Gasteiger partial charge is 0.482 e. The third-order valence-corrected chi connectivity index (χ3v) is 5.75. The van der Waals surface area contributed by atoms with Gasteiger partial charge in [-0.05, 0) is 25.0 Å². The molecular weight excluding hydrogens is 444 g/mol. The first-order valence-electron chi connectivity index (χ1n) is 10.9. The van der Waals surface area contributed by atoms with E-state index in [0.717, 1.165) is 25.5 Å². The number of benzene rings is 1. The lowest BCUT2D eigenvalue weighted by Crippen LogP contribution is -2.46. The number of hydrogen-bond acceptors (Lipinski definition) is 6. The normalized spacial score (nSPS) is 18.1. The number of piperidine rings is 1. The molecular formula is C22H26F4N4O3. The van der Waals surface area contributed by atoms with E-state index in [1.807, 2.05) is 4.90 Å². The standard InChI is InChI=1S/C22H26F4N4O3/c23-16-4-5-18(19(11-16)32-15-22(24,25)26)29-9-7-28(8-10-29)14-20-27-12-17(33-20)13-30-6-2-1-3-21(30)31/h4-5,11-12H,1-3,6-10,13-15H2. The van der Waals surface area contributed by atoms with Gasteiger partial charge in [-0.1, -0.05) is 0 Å². The highest BCUT2D eigenvalue weighted by molar-refractivity contribution is 5.76. The first-order valence-corrected chi connectivity index (χ1v) is 10.9. The molecule has 2 saturated heterocycles. The van der Waals surface area contributed by atoms with Crippen molar-refractivity contribution in [2.24, 2.45) is 0 Å². The molecule has 2 aliphatic heterocycles. The zero-order valence-electron chi connectivity index (χ0n) is 18.1. The van der Waals surface area contributed by atoms with E-state index in [9.17, 15) is 22.4 Å². The molecule has 0 saturated carbocycles. The van der Waals surface area contributed by atoms with Crippen LogP contribution in [0.4, 0.5) is 23.2 Å². The Bertz CT molecular complexity index is 957. The lowest BCUT2D eigenvalue weighted by atomic mass is 10.1. The van der Waals surface area contributed by atoms with E-state index in [0.29, 0.717) is 63.0 Å². The lowest BCUT2D eigenvalue weighted by Gasteiger charge is -2.36. The average molecular weight is 470 g/mol. The molecule has 0 unspecified atom stereocenters. The molecule has 33 heavy (non-hydrogen) atoms. The van der Waals surface area contributed by atoms with Crippen LogP contribution < -0.4 is 9.64 Å². The van der Waals surface area contributed by atoms with E-state index in [1.54, 1.807) is 11.1 Å². The highest BCUT2D eigenvalue weighted by Crippen LogP contribution is 2.31. The van der Waals surface area contributed by atoms with Gasteiger partial charge in [0, 0.05) is 45.2 Å². The minimum absolute atomic E-state index is 0.120. The van der Waals surface area contributed by atoms with Gasteiger partial charge < -0.3 is 19.0 Å². The van der Waals surface area contributed by atoms with Crippen molar-refractivity contribution in [3.05, 3.63) is 41.9 Å². The number of oxazole rings is 1. The van der Waals surface area contributed by atoms with Gasteiger partial charge in [0.05, 0.1) is 25.0 Å². The Morgan fingerprint density at radius 1 is 1.06 bits per heavy atom. The van der Waals surface area contributed by atoms with Crippen molar-refractivity contribution in [3.63, 3.8) is 0 Å². The van der Waals surface area contributed by atoms with Gasteiger partial charge >= 0.3 is 6.18 Å². The van der Waals surface area contributed by atoms with Gasteiger partial charge in [0.25, 0.3) is 0 Å². The van der Waals surface area contributed by atoms with Gasteiger partial charge in [0.2, 0.25) is 11.8 Å². The first kappa shape index (κ1) is 23.3. The number of anilines is 1. The molecule has 1 aromatic carbocycles. The predicted octanol–water partition coefficient (Wildman–Crippen LogP) is 3.59. The summed E-state index contributed by atoms with van der Waals surface area (Å²) in [6.07, 6.45) is -0.359. The lowest BCUT2D eigenvalue weighted by molar-refractivity contribution is -0.153. The van der Waals surface area contributed by atoms with Gasteiger partial charge in [0.1, 0.15) is 17.3 Å². The Balaban J connectivity index is 1.31. The summed E-state index contributed by atoms with van der Waals surface area (Å²) in [5.74, 6) is 0.566. The zero-order valence-corrected chi connectivity index (χ0v) is 18.1. The fourth-order valence-electron chi connectivity index (χ4n) is 4.07. The van der Waals surface area contributed by atoms with Crippen LogP contribution in [0.2, 0.25) is 0 Å². The van der Waals surface area contributed by atoms with Crippen LogP contribution in [0.5, 0.6) is 5.75 Å². The number of carbonyl (C=O) groups is 1. The summed E-state index contributed by atoms with van der Waals surface area (Å²) in [4.78, 5) is 22.1. The van der Waals surface area contributed by atoms with Gasteiger partial charge in [-0.2, -0.15) is 13.2 Å². The van der Waals surface area contributed by atoms with Crippen molar-refractivity contribution in [1.29, 1.82) is 0 Å². The van der Waals surface area contributed by atoms with E-state index < -0.39 is 18.6 Å². The maximum atomic E-state index is 13.6. The quantitative estimate of drug-likeness (QED) is 0.577. The number of ether oxygens (including phenoxy) is 1.